The molecule has 1 aromatic carbocycles. The molecule has 0 saturated carbocycles. The topological polar surface area (TPSA) is 28.4 Å². The maximum absolute atomic E-state index is 14.1. The summed E-state index contributed by atoms with van der Waals surface area (Å²) in [5, 5.41) is 3.25. The van der Waals surface area contributed by atoms with Crippen molar-refractivity contribution in [1.82, 2.24) is 5.32 Å². The van der Waals surface area contributed by atoms with E-state index in [0.29, 0.717) is 13.1 Å². The summed E-state index contributed by atoms with van der Waals surface area (Å²) >= 11 is 0. The number of hydrogen-bond acceptors (Lipinski definition) is 3. The molecule has 4 heteroatoms. The Kier molecular flexibility index (Phi) is 4.02. The molecule has 1 N–H and O–H groups in total. The van der Waals surface area contributed by atoms with Gasteiger partial charge in [0.1, 0.15) is 11.6 Å². The SMILES string of the molecule is Fc1cccc(N2CCCC2)c1CNCc1ccco1. The summed E-state index contributed by atoms with van der Waals surface area (Å²) in [6.07, 6.45) is 4.03. The highest BCUT2D eigenvalue weighted by Crippen LogP contribution is 2.26. The number of rotatable bonds is 5. The van der Waals surface area contributed by atoms with Gasteiger partial charge in [-0.1, -0.05) is 6.07 Å². The zero-order valence-corrected chi connectivity index (χ0v) is 11.4. The molecule has 2 aromatic rings. The number of benzene rings is 1. The molecular formula is C16H19FN2O. The van der Waals surface area contributed by atoms with Crippen LogP contribution in [0.4, 0.5) is 10.1 Å². The van der Waals surface area contributed by atoms with Gasteiger partial charge in [-0.25, -0.2) is 4.39 Å². The lowest BCUT2D eigenvalue weighted by molar-refractivity contribution is 0.479. The highest BCUT2D eigenvalue weighted by molar-refractivity contribution is 5.54. The monoisotopic (exact) mass is 274 g/mol. The molecule has 1 aromatic heterocycles. The van der Waals surface area contributed by atoms with Crippen LogP contribution in [-0.2, 0) is 13.1 Å². The van der Waals surface area contributed by atoms with Crippen LogP contribution in [0, 0.1) is 5.82 Å². The highest BCUT2D eigenvalue weighted by atomic mass is 19.1. The first-order valence-corrected chi connectivity index (χ1v) is 7.10. The molecule has 2 heterocycles. The fourth-order valence-electron chi connectivity index (χ4n) is 2.70. The van der Waals surface area contributed by atoms with Crippen molar-refractivity contribution in [2.45, 2.75) is 25.9 Å². The van der Waals surface area contributed by atoms with Crippen LogP contribution >= 0.6 is 0 Å². The second kappa shape index (κ2) is 6.09. The predicted molar refractivity (Wildman–Crippen MR) is 77.1 cm³/mol. The molecule has 0 radical (unpaired) electrons. The van der Waals surface area contributed by atoms with Crippen molar-refractivity contribution in [2.75, 3.05) is 18.0 Å². The summed E-state index contributed by atoms with van der Waals surface area (Å²) < 4.78 is 19.3. The molecule has 0 unspecified atom stereocenters. The molecule has 0 aliphatic carbocycles. The molecule has 0 bridgehead atoms. The molecule has 20 heavy (non-hydrogen) atoms. The Labute approximate surface area is 118 Å². The van der Waals surface area contributed by atoms with Gasteiger partial charge in [0.05, 0.1) is 12.8 Å². The van der Waals surface area contributed by atoms with Gasteiger partial charge in [-0.2, -0.15) is 0 Å². The molecule has 3 rings (SSSR count). The third kappa shape index (κ3) is 2.85. The average Bonchev–Trinajstić information content (AvgIpc) is 3.12. The van der Waals surface area contributed by atoms with Gasteiger partial charge in [-0.3, -0.25) is 0 Å². The minimum absolute atomic E-state index is 0.138. The quantitative estimate of drug-likeness (QED) is 0.906. The number of anilines is 1. The predicted octanol–water partition coefficient (Wildman–Crippen LogP) is 3.31. The van der Waals surface area contributed by atoms with Gasteiger partial charge in [0.15, 0.2) is 0 Å². The Balaban J connectivity index is 1.70. The van der Waals surface area contributed by atoms with E-state index in [-0.39, 0.29) is 5.82 Å². The highest BCUT2D eigenvalue weighted by Gasteiger charge is 2.17. The first-order chi connectivity index (χ1) is 9.84. The second-order valence-corrected chi connectivity index (χ2v) is 5.11. The van der Waals surface area contributed by atoms with Crippen LogP contribution < -0.4 is 10.2 Å². The van der Waals surface area contributed by atoms with Crippen LogP contribution in [0.1, 0.15) is 24.2 Å². The van der Waals surface area contributed by atoms with E-state index in [0.717, 1.165) is 30.1 Å². The summed E-state index contributed by atoms with van der Waals surface area (Å²) in [7, 11) is 0. The fraction of sp³-hybridized carbons (Fsp3) is 0.375. The zero-order valence-electron chi connectivity index (χ0n) is 11.4. The van der Waals surface area contributed by atoms with Crippen LogP contribution in [0.3, 0.4) is 0 Å². The van der Waals surface area contributed by atoms with Gasteiger partial charge in [0.2, 0.25) is 0 Å². The van der Waals surface area contributed by atoms with Gasteiger partial charge < -0.3 is 14.6 Å². The van der Waals surface area contributed by atoms with E-state index in [9.17, 15) is 4.39 Å². The number of halogens is 1. The third-order valence-electron chi connectivity index (χ3n) is 3.72. The minimum Gasteiger partial charge on any atom is -0.468 e. The maximum atomic E-state index is 14.1. The van der Waals surface area contributed by atoms with Crippen LogP contribution in [0.5, 0.6) is 0 Å². The molecule has 0 spiro atoms. The van der Waals surface area contributed by atoms with E-state index in [2.05, 4.69) is 10.2 Å². The lowest BCUT2D eigenvalue weighted by Crippen LogP contribution is -2.22. The molecule has 1 aliphatic rings. The normalized spacial score (nSPS) is 14.9. The van der Waals surface area contributed by atoms with Crippen LogP contribution in [-0.4, -0.2) is 13.1 Å². The van der Waals surface area contributed by atoms with E-state index in [4.69, 9.17) is 4.42 Å². The standard InChI is InChI=1S/C16H19FN2O/c17-15-6-3-7-16(19-8-1-2-9-19)14(15)12-18-11-13-5-4-10-20-13/h3-7,10,18H,1-2,8-9,11-12H2. The van der Waals surface area contributed by atoms with Crippen molar-refractivity contribution in [1.29, 1.82) is 0 Å². The Morgan fingerprint density at radius 3 is 2.70 bits per heavy atom. The van der Waals surface area contributed by atoms with Crippen molar-refractivity contribution in [2.24, 2.45) is 0 Å². The summed E-state index contributed by atoms with van der Waals surface area (Å²) in [6.45, 7) is 3.17. The van der Waals surface area contributed by atoms with Crippen LogP contribution in [0.15, 0.2) is 41.0 Å². The molecule has 0 amide bonds. The van der Waals surface area contributed by atoms with E-state index in [1.807, 2.05) is 18.2 Å². The Bertz CT molecular complexity index is 548. The smallest absolute Gasteiger partial charge is 0.129 e. The molecule has 0 atom stereocenters. The van der Waals surface area contributed by atoms with E-state index < -0.39 is 0 Å². The molecule has 1 saturated heterocycles. The van der Waals surface area contributed by atoms with Gasteiger partial charge in [-0.05, 0) is 37.1 Å². The number of nitrogens with zero attached hydrogens (tertiary/aromatic N) is 1. The number of furan rings is 1. The zero-order chi connectivity index (χ0) is 13.8. The van der Waals surface area contributed by atoms with Crippen molar-refractivity contribution >= 4 is 5.69 Å². The van der Waals surface area contributed by atoms with Crippen molar-refractivity contribution in [3.8, 4) is 0 Å². The first kappa shape index (κ1) is 13.2. The molecule has 1 fully saturated rings. The Morgan fingerprint density at radius 2 is 1.95 bits per heavy atom. The Hall–Kier alpha value is -1.81. The van der Waals surface area contributed by atoms with Crippen molar-refractivity contribution in [3.63, 3.8) is 0 Å². The Morgan fingerprint density at radius 1 is 1.10 bits per heavy atom. The van der Waals surface area contributed by atoms with Gasteiger partial charge in [0, 0.05) is 30.9 Å². The third-order valence-corrected chi connectivity index (χ3v) is 3.72. The van der Waals surface area contributed by atoms with Crippen molar-refractivity contribution in [3.05, 3.63) is 53.7 Å². The van der Waals surface area contributed by atoms with Gasteiger partial charge >= 0.3 is 0 Å². The summed E-state index contributed by atoms with van der Waals surface area (Å²) in [4.78, 5) is 2.27. The fourth-order valence-corrected chi connectivity index (χ4v) is 2.70. The average molecular weight is 274 g/mol. The minimum atomic E-state index is -0.138. The molecule has 106 valence electrons. The van der Waals surface area contributed by atoms with Gasteiger partial charge in [0.25, 0.3) is 0 Å². The van der Waals surface area contributed by atoms with Crippen LogP contribution in [0.2, 0.25) is 0 Å². The van der Waals surface area contributed by atoms with Gasteiger partial charge in [-0.15, -0.1) is 0 Å². The van der Waals surface area contributed by atoms with Crippen molar-refractivity contribution < 1.29 is 8.81 Å². The van der Waals surface area contributed by atoms with Crippen LogP contribution in [0.25, 0.3) is 0 Å². The lowest BCUT2D eigenvalue weighted by atomic mass is 10.1. The first-order valence-electron chi connectivity index (χ1n) is 7.10. The number of hydrogen-bond donors (Lipinski definition) is 1. The molecule has 1 aliphatic heterocycles. The summed E-state index contributed by atoms with van der Waals surface area (Å²) in [5.74, 6) is 0.727. The summed E-state index contributed by atoms with van der Waals surface area (Å²) in [6, 6.07) is 9.10. The summed E-state index contributed by atoms with van der Waals surface area (Å²) in [5.41, 5.74) is 1.77. The van der Waals surface area contributed by atoms with E-state index >= 15 is 0 Å². The molecule has 3 nitrogen and oxygen atoms in total. The number of nitrogens with one attached hydrogen (secondary N) is 1. The van der Waals surface area contributed by atoms with E-state index in [1.165, 1.54) is 18.9 Å². The van der Waals surface area contributed by atoms with E-state index in [1.54, 1.807) is 12.3 Å². The maximum Gasteiger partial charge on any atom is 0.129 e. The largest absolute Gasteiger partial charge is 0.468 e. The second-order valence-electron chi connectivity index (χ2n) is 5.11. The molecular weight excluding hydrogens is 255 g/mol. The lowest BCUT2D eigenvalue weighted by Gasteiger charge is -2.22.